The number of methoxy groups -OCH3 is 2. The van der Waals surface area contributed by atoms with Gasteiger partial charge in [0.25, 0.3) is 5.69 Å². The smallest absolute Gasteiger partial charge is 0.269 e. The van der Waals surface area contributed by atoms with Crippen LogP contribution in [0.2, 0.25) is 0 Å². The van der Waals surface area contributed by atoms with E-state index in [0.717, 1.165) is 48.6 Å². The summed E-state index contributed by atoms with van der Waals surface area (Å²) in [6.45, 7) is 1.74. The molecule has 0 N–H and O–H groups in total. The average molecular weight is 342 g/mol. The van der Waals surface area contributed by atoms with Crippen molar-refractivity contribution in [2.75, 3.05) is 20.8 Å². The number of benzene rings is 2. The van der Waals surface area contributed by atoms with Crippen molar-refractivity contribution in [3.8, 4) is 11.5 Å². The zero-order chi connectivity index (χ0) is 17.8. The first-order valence-electron chi connectivity index (χ1n) is 8.31. The maximum atomic E-state index is 10.8. The van der Waals surface area contributed by atoms with Gasteiger partial charge in [-0.25, -0.2) is 0 Å². The van der Waals surface area contributed by atoms with Crippen LogP contribution in [0, 0.1) is 10.1 Å². The quantitative estimate of drug-likeness (QED) is 0.587. The van der Waals surface area contributed by atoms with E-state index < -0.39 is 0 Å². The Bertz CT molecular complexity index is 746. The Morgan fingerprint density at radius 3 is 2.56 bits per heavy atom. The molecule has 6 nitrogen and oxygen atoms in total. The Balaban J connectivity index is 1.82. The van der Waals surface area contributed by atoms with Gasteiger partial charge in [0.2, 0.25) is 0 Å². The van der Waals surface area contributed by atoms with Gasteiger partial charge >= 0.3 is 0 Å². The normalized spacial score (nSPS) is 17.4. The van der Waals surface area contributed by atoms with Crippen molar-refractivity contribution in [2.45, 2.75) is 25.4 Å². The first kappa shape index (κ1) is 17.2. The third kappa shape index (κ3) is 3.74. The summed E-state index contributed by atoms with van der Waals surface area (Å²) in [5.74, 6) is 1.68. The van der Waals surface area contributed by atoms with E-state index in [2.05, 4.69) is 4.90 Å². The van der Waals surface area contributed by atoms with Crippen LogP contribution in [0.3, 0.4) is 0 Å². The van der Waals surface area contributed by atoms with E-state index in [-0.39, 0.29) is 16.7 Å². The van der Waals surface area contributed by atoms with E-state index >= 15 is 0 Å². The Hall–Kier alpha value is -2.60. The first-order chi connectivity index (χ1) is 12.1. The number of hydrogen-bond donors (Lipinski definition) is 0. The molecule has 1 atom stereocenters. The van der Waals surface area contributed by atoms with Crippen molar-refractivity contribution in [3.63, 3.8) is 0 Å². The van der Waals surface area contributed by atoms with Crippen molar-refractivity contribution in [1.82, 2.24) is 4.90 Å². The molecule has 25 heavy (non-hydrogen) atoms. The number of non-ortho nitro benzene ring substituents is 1. The fraction of sp³-hybridized carbons (Fsp3) is 0.368. The molecule has 3 rings (SSSR count). The summed E-state index contributed by atoms with van der Waals surface area (Å²) in [5, 5.41) is 10.8. The van der Waals surface area contributed by atoms with E-state index in [1.165, 1.54) is 0 Å². The number of hydrogen-bond acceptors (Lipinski definition) is 5. The number of nitro benzene ring substituents is 1. The highest BCUT2D eigenvalue weighted by Gasteiger charge is 2.28. The van der Waals surface area contributed by atoms with Crippen molar-refractivity contribution in [1.29, 1.82) is 0 Å². The summed E-state index contributed by atoms with van der Waals surface area (Å²) < 4.78 is 10.9. The maximum Gasteiger partial charge on any atom is 0.269 e. The second-order valence-electron chi connectivity index (χ2n) is 6.16. The van der Waals surface area contributed by atoms with Crippen molar-refractivity contribution in [2.24, 2.45) is 0 Å². The minimum absolute atomic E-state index is 0.121. The topological polar surface area (TPSA) is 64.8 Å². The lowest BCUT2D eigenvalue weighted by atomic mass is 10.0. The molecule has 0 bridgehead atoms. The molecule has 1 heterocycles. The molecule has 2 aromatic carbocycles. The zero-order valence-corrected chi connectivity index (χ0v) is 14.5. The van der Waals surface area contributed by atoms with E-state index in [1.807, 2.05) is 30.3 Å². The van der Waals surface area contributed by atoms with Crippen LogP contribution in [0.15, 0.2) is 42.5 Å². The van der Waals surface area contributed by atoms with E-state index in [0.29, 0.717) is 0 Å². The second kappa shape index (κ2) is 7.53. The predicted octanol–water partition coefficient (Wildman–Crippen LogP) is 3.95. The standard InChI is InChI=1S/C19H22N2O4/c1-24-16-9-10-19(25-2)17(12-16)18-4-3-11-20(18)13-14-5-7-15(8-6-14)21(22)23/h5-10,12,18H,3-4,11,13H2,1-2H3/t18-/m0/s1. The van der Waals surface area contributed by atoms with Crippen LogP contribution in [0.25, 0.3) is 0 Å². The lowest BCUT2D eigenvalue weighted by Gasteiger charge is -2.26. The van der Waals surface area contributed by atoms with Gasteiger partial charge in [-0.2, -0.15) is 0 Å². The number of rotatable bonds is 6. The number of ether oxygens (including phenoxy) is 2. The lowest BCUT2D eigenvalue weighted by molar-refractivity contribution is -0.384. The van der Waals surface area contributed by atoms with Gasteiger partial charge in [0.15, 0.2) is 0 Å². The van der Waals surface area contributed by atoms with Crippen LogP contribution < -0.4 is 9.47 Å². The van der Waals surface area contributed by atoms with Gasteiger partial charge in [-0.15, -0.1) is 0 Å². The van der Waals surface area contributed by atoms with E-state index in [1.54, 1.807) is 26.4 Å². The third-order valence-corrected chi connectivity index (χ3v) is 4.69. The average Bonchev–Trinajstić information content (AvgIpc) is 3.09. The highest BCUT2D eigenvalue weighted by atomic mass is 16.6. The fourth-order valence-electron chi connectivity index (χ4n) is 3.42. The van der Waals surface area contributed by atoms with Crippen LogP contribution in [-0.2, 0) is 6.54 Å². The number of nitrogens with zero attached hydrogens (tertiary/aromatic N) is 2. The Labute approximate surface area is 147 Å². The Morgan fingerprint density at radius 2 is 1.92 bits per heavy atom. The summed E-state index contributed by atoms with van der Waals surface area (Å²) >= 11 is 0. The predicted molar refractivity (Wildman–Crippen MR) is 95.0 cm³/mol. The molecule has 0 saturated carbocycles. The zero-order valence-electron chi connectivity index (χ0n) is 14.5. The van der Waals surface area contributed by atoms with Crippen molar-refractivity contribution >= 4 is 5.69 Å². The molecule has 0 spiro atoms. The number of likely N-dealkylation sites (tertiary alicyclic amines) is 1. The highest BCUT2D eigenvalue weighted by molar-refractivity contribution is 5.43. The van der Waals surface area contributed by atoms with Crippen LogP contribution in [-0.4, -0.2) is 30.6 Å². The lowest BCUT2D eigenvalue weighted by Crippen LogP contribution is -2.23. The SMILES string of the molecule is COc1ccc(OC)c([C@@H]2CCCN2Cc2ccc([N+](=O)[O-])cc2)c1. The monoisotopic (exact) mass is 342 g/mol. The maximum absolute atomic E-state index is 10.8. The van der Waals surface area contributed by atoms with Crippen LogP contribution in [0.5, 0.6) is 11.5 Å². The van der Waals surface area contributed by atoms with E-state index in [4.69, 9.17) is 9.47 Å². The molecule has 0 amide bonds. The van der Waals surface area contributed by atoms with Gasteiger partial charge in [-0.1, -0.05) is 12.1 Å². The molecule has 1 aliphatic heterocycles. The molecule has 0 aromatic heterocycles. The molecule has 132 valence electrons. The van der Waals surface area contributed by atoms with Gasteiger partial charge in [0, 0.05) is 30.3 Å². The highest BCUT2D eigenvalue weighted by Crippen LogP contribution is 2.39. The minimum atomic E-state index is -0.371. The van der Waals surface area contributed by atoms with Crippen molar-refractivity contribution in [3.05, 3.63) is 63.7 Å². The summed E-state index contributed by atoms with van der Waals surface area (Å²) in [7, 11) is 3.34. The molecule has 6 heteroatoms. The van der Waals surface area contributed by atoms with Crippen molar-refractivity contribution < 1.29 is 14.4 Å². The molecule has 0 aliphatic carbocycles. The van der Waals surface area contributed by atoms with Crippen LogP contribution >= 0.6 is 0 Å². The van der Waals surface area contributed by atoms with Gasteiger partial charge in [-0.3, -0.25) is 15.0 Å². The molecule has 0 radical (unpaired) electrons. The summed E-state index contributed by atoms with van der Waals surface area (Å²) in [6, 6.07) is 12.9. The largest absolute Gasteiger partial charge is 0.497 e. The summed E-state index contributed by atoms with van der Waals surface area (Å²) in [5.41, 5.74) is 2.32. The molecule has 1 fully saturated rings. The first-order valence-corrected chi connectivity index (χ1v) is 8.31. The van der Waals surface area contributed by atoms with E-state index in [9.17, 15) is 10.1 Å². The Kier molecular flexibility index (Phi) is 5.19. The minimum Gasteiger partial charge on any atom is -0.497 e. The Morgan fingerprint density at radius 1 is 1.16 bits per heavy atom. The number of nitro groups is 1. The van der Waals surface area contributed by atoms with Crippen LogP contribution in [0.1, 0.15) is 30.0 Å². The molecule has 1 aliphatic rings. The van der Waals surface area contributed by atoms with Crippen LogP contribution in [0.4, 0.5) is 5.69 Å². The third-order valence-electron chi connectivity index (χ3n) is 4.69. The summed E-state index contributed by atoms with van der Waals surface area (Å²) in [6.07, 6.45) is 2.16. The molecule has 2 aromatic rings. The fourth-order valence-corrected chi connectivity index (χ4v) is 3.42. The molecular formula is C19H22N2O4. The molecular weight excluding hydrogens is 320 g/mol. The second-order valence-corrected chi connectivity index (χ2v) is 6.16. The van der Waals surface area contributed by atoms with Gasteiger partial charge in [-0.05, 0) is 43.1 Å². The van der Waals surface area contributed by atoms with Gasteiger partial charge < -0.3 is 9.47 Å². The van der Waals surface area contributed by atoms with Gasteiger partial charge in [0.1, 0.15) is 11.5 Å². The molecule has 1 saturated heterocycles. The van der Waals surface area contributed by atoms with Gasteiger partial charge in [0.05, 0.1) is 19.1 Å². The summed E-state index contributed by atoms with van der Waals surface area (Å²) in [4.78, 5) is 12.8. The molecule has 0 unspecified atom stereocenters.